The number of imidazole rings is 1. The van der Waals surface area contributed by atoms with Crippen LogP contribution in [0.2, 0.25) is 4.34 Å². The SMILES string of the molecule is C[C@H](O/N=C(\C(=O)N[C@@H]1C(=O)N2C(C(=O)O)=C(C[n+]3ccc4c(c3)ncn4CCCN)CS[C@H]12)c1nc(N)sc1Cl)C(=O)O. The number of carbonyl (C=O) groups is 4. The third-order valence-corrected chi connectivity index (χ3v) is 9.25. The zero-order valence-electron chi connectivity index (χ0n) is 23.0. The van der Waals surface area contributed by atoms with Crippen LogP contribution >= 0.6 is 34.7 Å². The molecule has 0 saturated carbocycles. The standard InChI is InChI=1S/C25H26ClN9O7S2/c1-11(23(38)39)42-32-16(15-19(26)44-25(28)31-15)20(36)30-17-21(37)35-18(24(40)41)12(9-43-22(17)35)7-33-6-3-14-13(8-33)29-10-34(14)5-2-4-27/h3,6,8,10-11,17,22H,2,4-5,7,9,27H2,1H3,(H4-,28,30,31,36,38,39,40,41)/p+1/b32-16-/t11-,17+,22+/m0/s1. The van der Waals surface area contributed by atoms with Crippen LogP contribution in [0.5, 0.6) is 0 Å². The smallest absolute Gasteiger partial charge is 0.352 e. The van der Waals surface area contributed by atoms with Crippen molar-refractivity contribution in [1.29, 1.82) is 0 Å². The molecule has 0 unspecified atom stereocenters. The Bertz CT molecular complexity index is 1720. The number of oxime groups is 1. The van der Waals surface area contributed by atoms with E-state index in [0.29, 0.717) is 12.1 Å². The van der Waals surface area contributed by atoms with Crippen LogP contribution in [0.15, 0.2) is 41.2 Å². The van der Waals surface area contributed by atoms with Crippen molar-refractivity contribution in [3.63, 3.8) is 0 Å². The minimum atomic E-state index is -1.41. The zero-order chi connectivity index (χ0) is 31.7. The number of pyridine rings is 1. The number of thiazole rings is 1. The summed E-state index contributed by atoms with van der Waals surface area (Å²) in [6.07, 6.45) is 4.75. The van der Waals surface area contributed by atoms with Gasteiger partial charge in [-0.1, -0.05) is 28.1 Å². The summed E-state index contributed by atoms with van der Waals surface area (Å²) in [6, 6.07) is 0.781. The number of thioether (sulfide) groups is 1. The van der Waals surface area contributed by atoms with Crippen LogP contribution in [-0.2, 0) is 37.1 Å². The number of aromatic nitrogens is 4. The van der Waals surface area contributed by atoms with Crippen molar-refractivity contribution in [2.45, 2.75) is 44.0 Å². The molecule has 232 valence electrons. The van der Waals surface area contributed by atoms with Gasteiger partial charge in [-0.3, -0.25) is 14.5 Å². The van der Waals surface area contributed by atoms with Crippen LogP contribution in [0.1, 0.15) is 19.0 Å². The first-order chi connectivity index (χ1) is 21.0. The van der Waals surface area contributed by atoms with Crippen molar-refractivity contribution in [2.24, 2.45) is 10.9 Å². The van der Waals surface area contributed by atoms with Crippen molar-refractivity contribution in [2.75, 3.05) is 18.0 Å². The maximum absolute atomic E-state index is 13.3. The number of anilines is 1. The summed E-state index contributed by atoms with van der Waals surface area (Å²) in [4.78, 5) is 64.6. The fourth-order valence-corrected chi connectivity index (χ4v) is 6.92. The number of rotatable bonds is 12. The molecule has 0 aliphatic carbocycles. The molecular weight excluding hydrogens is 638 g/mol. The molecule has 2 aliphatic heterocycles. The number of hydrogen-bond donors (Lipinski definition) is 5. The number of nitrogens with zero attached hydrogens (tertiary/aromatic N) is 6. The highest BCUT2D eigenvalue weighted by Crippen LogP contribution is 2.40. The van der Waals surface area contributed by atoms with Gasteiger partial charge < -0.3 is 36.4 Å². The average Bonchev–Trinajstić information content (AvgIpc) is 3.55. The Balaban J connectivity index is 1.35. The van der Waals surface area contributed by atoms with Crippen LogP contribution in [0, 0.1) is 0 Å². The quantitative estimate of drug-likeness (QED) is 0.0745. The lowest BCUT2D eigenvalue weighted by atomic mass is 10.0. The lowest BCUT2D eigenvalue weighted by molar-refractivity contribution is -0.687. The van der Waals surface area contributed by atoms with E-state index in [1.54, 1.807) is 10.9 Å². The minimum absolute atomic E-state index is 0.00432. The molecule has 3 aromatic heterocycles. The zero-order valence-corrected chi connectivity index (χ0v) is 25.4. The number of nitrogens with one attached hydrogen (secondary N) is 1. The first-order valence-electron chi connectivity index (χ1n) is 13.1. The Morgan fingerprint density at radius 2 is 2.14 bits per heavy atom. The molecule has 16 nitrogen and oxygen atoms in total. The van der Waals surface area contributed by atoms with E-state index in [1.165, 1.54) is 18.7 Å². The summed E-state index contributed by atoms with van der Waals surface area (Å²) >= 11 is 8.30. The summed E-state index contributed by atoms with van der Waals surface area (Å²) in [5.41, 5.74) is 12.7. The van der Waals surface area contributed by atoms with Crippen LogP contribution in [0.4, 0.5) is 5.13 Å². The number of nitrogens with two attached hydrogens (primary N) is 2. The summed E-state index contributed by atoms with van der Waals surface area (Å²) in [5.74, 6) is -3.92. The largest absolute Gasteiger partial charge is 0.478 e. The van der Waals surface area contributed by atoms with E-state index in [-0.39, 0.29) is 33.2 Å². The topological polar surface area (TPSA) is 232 Å². The second-order valence-electron chi connectivity index (χ2n) is 9.79. The highest BCUT2D eigenvalue weighted by molar-refractivity contribution is 8.00. The van der Waals surface area contributed by atoms with E-state index in [0.717, 1.165) is 40.2 Å². The van der Waals surface area contributed by atoms with Crippen molar-refractivity contribution in [3.05, 3.63) is 46.1 Å². The Labute approximate surface area is 262 Å². The van der Waals surface area contributed by atoms with Gasteiger partial charge in [0.15, 0.2) is 35.3 Å². The van der Waals surface area contributed by atoms with Gasteiger partial charge in [0.25, 0.3) is 11.8 Å². The summed E-state index contributed by atoms with van der Waals surface area (Å²) in [6.45, 7) is 2.69. The first-order valence-corrected chi connectivity index (χ1v) is 15.4. The van der Waals surface area contributed by atoms with Crippen LogP contribution < -0.4 is 21.4 Å². The van der Waals surface area contributed by atoms with Gasteiger partial charge in [-0.15, -0.1) is 11.8 Å². The van der Waals surface area contributed by atoms with Gasteiger partial charge in [-0.25, -0.2) is 19.6 Å². The highest BCUT2D eigenvalue weighted by Gasteiger charge is 2.55. The highest BCUT2D eigenvalue weighted by atomic mass is 35.5. The first kappa shape index (κ1) is 31.2. The van der Waals surface area contributed by atoms with Crippen molar-refractivity contribution in [1.82, 2.24) is 24.8 Å². The van der Waals surface area contributed by atoms with Crippen LogP contribution in [-0.4, -0.2) is 88.9 Å². The average molecular weight is 665 g/mol. The molecule has 3 atom stereocenters. The number of carbonyl (C=O) groups excluding carboxylic acids is 2. The molecular formula is C25H27ClN9O7S2+. The monoisotopic (exact) mass is 664 g/mol. The molecule has 19 heteroatoms. The van der Waals surface area contributed by atoms with Gasteiger partial charge in [0.2, 0.25) is 6.10 Å². The number of amides is 2. The summed E-state index contributed by atoms with van der Waals surface area (Å²) in [5, 5.41) is 24.7. The Hall–Kier alpha value is -4.26. The number of hydrogen-bond acceptors (Lipinski definition) is 12. The number of halogens is 1. The summed E-state index contributed by atoms with van der Waals surface area (Å²) in [7, 11) is 0. The normalized spacial score (nSPS) is 19.0. The predicted octanol–water partition coefficient (Wildman–Crippen LogP) is -0.00270. The van der Waals surface area contributed by atoms with Crippen molar-refractivity contribution >= 4 is 80.3 Å². The number of aliphatic carboxylic acids is 2. The molecule has 7 N–H and O–H groups in total. The third kappa shape index (κ3) is 6.05. The second-order valence-corrected chi connectivity index (χ2v) is 12.5. The molecule has 0 aromatic carbocycles. The number of aryl methyl sites for hydroxylation is 1. The second kappa shape index (κ2) is 12.8. The number of nitrogen functional groups attached to an aromatic ring is 1. The van der Waals surface area contributed by atoms with E-state index < -0.39 is 47.0 Å². The van der Waals surface area contributed by atoms with Crippen molar-refractivity contribution in [3.8, 4) is 0 Å². The van der Waals surface area contributed by atoms with Gasteiger partial charge in [-0.05, 0) is 19.9 Å². The number of fused-ring (bicyclic) bond motifs is 2. The molecule has 2 amide bonds. The number of carboxylic acids is 2. The maximum atomic E-state index is 13.3. The Morgan fingerprint density at radius 1 is 1.36 bits per heavy atom. The Kier molecular flexibility index (Phi) is 9.05. The van der Waals surface area contributed by atoms with E-state index in [9.17, 15) is 24.3 Å². The molecule has 5 heterocycles. The molecule has 5 rings (SSSR count). The van der Waals surface area contributed by atoms with E-state index in [4.69, 9.17) is 33.0 Å². The fourth-order valence-electron chi connectivity index (χ4n) is 4.66. The predicted molar refractivity (Wildman–Crippen MR) is 160 cm³/mol. The molecule has 0 bridgehead atoms. The number of carboxylic acid groups (broad SMARTS) is 2. The van der Waals surface area contributed by atoms with Crippen molar-refractivity contribution < 1.29 is 38.8 Å². The summed E-state index contributed by atoms with van der Waals surface area (Å²) < 4.78 is 3.79. The van der Waals surface area contributed by atoms with E-state index >= 15 is 0 Å². The maximum Gasteiger partial charge on any atom is 0.352 e. The van der Waals surface area contributed by atoms with Crippen LogP contribution in [0.3, 0.4) is 0 Å². The van der Waals surface area contributed by atoms with E-state index in [1.807, 2.05) is 23.0 Å². The molecule has 3 aromatic rings. The number of β-lactam (4-membered cyclic amide) rings is 1. The molecule has 44 heavy (non-hydrogen) atoms. The van der Waals surface area contributed by atoms with Gasteiger partial charge >= 0.3 is 11.9 Å². The molecule has 0 radical (unpaired) electrons. The van der Waals surface area contributed by atoms with Gasteiger partial charge in [0.1, 0.15) is 27.1 Å². The van der Waals surface area contributed by atoms with Crippen LogP contribution in [0.25, 0.3) is 11.0 Å². The van der Waals surface area contributed by atoms with Gasteiger partial charge in [0.05, 0.1) is 11.8 Å². The lowest BCUT2D eigenvalue weighted by Crippen LogP contribution is -2.71. The molecule has 2 aliphatic rings. The fraction of sp³-hybridized carbons (Fsp3) is 0.360. The minimum Gasteiger partial charge on any atom is -0.478 e. The van der Waals surface area contributed by atoms with Gasteiger partial charge in [-0.2, -0.15) is 4.57 Å². The lowest BCUT2D eigenvalue weighted by Gasteiger charge is -2.49. The molecule has 1 fully saturated rings. The Morgan fingerprint density at radius 3 is 2.80 bits per heavy atom. The molecule has 0 spiro atoms. The third-order valence-electron chi connectivity index (χ3n) is 6.82. The van der Waals surface area contributed by atoms with E-state index in [2.05, 4.69) is 20.4 Å². The molecule has 1 saturated heterocycles. The van der Waals surface area contributed by atoms with Gasteiger partial charge in [0, 0.05) is 23.9 Å².